The first-order valence-corrected chi connectivity index (χ1v) is 13.6. The fourth-order valence-corrected chi connectivity index (χ4v) is 4.40. The lowest BCUT2D eigenvalue weighted by molar-refractivity contribution is 0.807. The molecule has 0 radical (unpaired) electrons. The van der Waals surface area contributed by atoms with Gasteiger partial charge in [0, 0.05) is 18.0 Å². The summed E-state index contributed by atoms with van der Waals surface area (Å²) in [5.74, 6) is 1.24. The van der Waals surface area contributed by atoms with Crippen LogP contribution >= 0.6 is 35.9 Å². The van der Waals surface area contributed by atoms with Crippen LogP contribution in [-0.2, 0) is 6.42 Å². The highest BCUT2D eigenvalue weighted by Crippen LogP contribution is 2.37. The van der Waals surface area contributed by atoms with Gasteiger partial charge in [-0.15, -0.1) is 11.3 Å². The van der Waals surface area contributed by atoms with Gasteiger partial charge in [-0.2, -0.15) is 11.8 Å². The van der Waals surface area contributed by atoms with Gasteiger partial charge in [0.25, 0.3) is 0 Å². The highest BCUT2D eigenvalue weighted by atomic mass is 32.2. The van der Waals surface area contributed by atoms with Crippen LogP contribution in [-0.4, -0.2) is 34.0 Å². The Morgan fingerprint density at radius 2 is 1.94 bits per heavy atom. The Hall–Kier alpha value is -1.67. The molecule has 3 aromatic heterocycles. The Morgan fingerprint density at radius 1 is 1.19 bits per heavy atom. The first kappa shape index (κ1) is 26.6. The summed E-state index contributed by atoms with van der Waals surface area (Å²) < 4.78 is 2.44. The van der Waals surface area contributed by atoms with Gasteiger partial charge in [-0.05, 0) is 81.0 Å². The second-order valence-electron chi connectivity index (χ2n) is 7.17. The number of nitrogens with zero attached hydrogens (tertiary/aromatic N) is 3. The van der Waals surface area contributed by atoms with E-state index < -0.39 is 0 Å². The van der Waals surface area contributed by atoms with E-state index in [1.54, 1.807) is 24.6 Å². The summed E-state index contributed by atoms with van der Waals surface area (Å²) in [5.41, 5.74) is 7.11. The van der Waals surface area contributed by atoms with E-state index in [4.69, 9.17) is 9.97 Å². The van der Waals surface area contributed by atoms with Crippen LogP contribution in [0.4, 0.5) is 0 Å². The van der Waals surface area contributed by atoms with Gasteiger partial charge in [0.2, 0.25) is 0 Å². The first-order valence-electron chi connectivity index (χ1n) is 11.0. The molecule has 0 amide bonds. The molecule has 0 unspecified atom stereocenters. The highest BCUT2D eigenvalue weighted by Gasteiger charge is 2.18. The molecule has 1 N–H and O–H groups in total. The number of thiazole rings is 1. The zero-order valence-corrected chi connectivity index (χ0v) is 22.2. The van der Waals surface area contributed by atoms with Crippen LogP contribution < -0.4 is 4.72 Å². The van der Waals surface area contributed by atoms with Crippen molar-refractivity contribution >= 4 is 41.5 Å². The monoisotopic (exact) mass is 486 g/mol. The number of hydrogen-bond donors (Lipinski definition) is 2. The number of aromatic nitrogens is 3. The minimum Gasteiger partial charge on any atom is -0.270 e. The van der Waals surface area contributed by atoms with Crippen molar-refractivity contribution in [2.75, 3.05) is 19.1 Å². The van der Waals surface area contributed by atoms with E-state index in [1.165, 1.54) is 29.0 Å². The number of allylic oxidation sites excluding steroid dienone is 2. The molecule has 32 heavy (non-hydrogen) atoms. The third-order valence-electron chi connectivity index (χ3n) is 4.85. The lowest BCUT2D eigenvalue weighted by Crippen LogP contribution is -2.05. The van der Waals surface area contributed by atoms with Crippen molar-refractivity contribution in [2.45, 2.75) is 46.5 Å². The number of fused-ring (bicyclic) bond motifs is 1. The van der Waals surface area contributed by atoms with Crippen molar-refractivity contribution in [3.05, 3.63) is 59.7 Å². The Bertz CT molecular complexity index is 982. The average molecular weight is 487 g/mol. The number of thiol groups is 1. The molecular weight excluding hydrogens is 453 g/mol. The molecule has 1 aliphatic rings. The Labute approximate surface area is 207 Å². The summed E-state index contributed by atoms with van der Waals surface area (Å²) in [6, 6.07) is 8.41. The molecule has 172 valence electrons. The topological polar surface area (TPSA) is 50.7 Å². The van der Waals surface area contributed by atoms with Crippen LogP contribution in [0.1, 0.15) is 50.1 Å². The fourth-order valence-electron chi connectivity index (χ4n) is 3.37. The molecule has 0 spiro atoms. The van der Waals surface area contributed by atoms with E-state index in [9.17, 15) is 0 Å². The smallest absolute Gasteiger partial charge is 0.125 e. The number of aryl methyl sites for hydroxylation is 2. The number of hydrogen-bond acceptors (Lipinski definition) is 7. The van der Waals surface area contributed by atoms with E-state index in [0.29, 0.717) is 0 Å². The second-order valence-corrected chi connectivity index (χ2v) is 9.77. The van der Waals surface area contributed by atoms with Gasteiger partial charge < -0.3 is 0 Å². The number of pyridine rings is 2. The first-order chi connectivity index (χ1) is 15.6. The van der Waals surface area contributed by atoms with E-state index >= 15 is 0 Å². The molecule has 0 saturated heterocycles. The Kier molecular flexibility index (Phi) is 12.0. The Balaban J connectivity index is 0.000000459. The molecule has 4 nitrogen and oxygen atoms in total. The van der Waals surface area contributed by atoms with Gasteiger partial charge >= 0.3 is 0 Å². The third-order valence-corrected chi connectivity index (χ3v) is 6.66. The summed E-state index contributed by atoms with van der Waals surface area (Å²) in [7, 11) is 1.74. The lowest BCUT2D eigenvalue weighted by atomic mass is 9.90. The predicted octanol–water partition coefficient (Wildman–Crippen LogP) is 7.13. The maximum Gasteiger partial charge on any atom is 0.125 e. The van der Waals surface area contributed by atoms with Gasteiger partial charge in [0.05, 0.1) is 22.0 Å². The van der Waals surface area contributed by atoms with Crippen molar-refractivity contribution in [3.8, 4) is 21.1 Å². The van der Waals surface area contributed by atoms with Gasteiger partial charge in [-0.25, -0.2) is 9.97 Å². The van der Waals surface area contributed by atoms with Gasteiger partial charge in [0.15, 0.2) is 0 Å². The molecule has 0 fully saturated rings. The highest BCUT2D eigenvalue weighted by molar-refractivity contribution is 7.98. The van der Waals surface area contributed by atoms with Crippen LogP contribution in [0, 0.1) is 6.92 Å². The van der Waals surface area contributed by atoms with E-state index in [0.717, 1.165) is 46.1 Å². The SMILES string of the molecule is CC/C=C1/CCCc2ccc(-c3sc(-c4cccnc4)nc3C)nc21.CCSC.CNS. The van der Waals surface area contributed by atoms with Gasteiger partial charge in [-0.1, -0.05) is 38.8 Å². The largest absolute Gasteiger partial charge is 0.270 e. The van der Waals surface area contributed by atoms with Crippen molar-refractivity contribution < 1.29 is 0 Å². The van der Waals surface area contributed by atoms with Crippen LogP contribution in [0.3, 0.4) is 0 Å². The molecule has 1 aliphatic carbocycles. The molecule has 0 atom stereocenters. The maximum atomic E-state index is 5.04. The van der Waals surface area contributed by atoms with Crippen LogP contribution in [0.2, 0.25) is 0 Å². The molecule has 4 rings (SSSR count). The molecular formula is C25H34N4S3. The third kappa shape index (κ3) is 7.44. The zero-order valence-electron chi connectivity index (χ0n) is 19.7. The van der Waals surface area contributed by atoms with Crippen molar-refractivity contribution in [1.29, 1.82) is 0 Å². The summed E-state index contributed by atoms with van der Waals surface area (Å²) in [6.07, 6.45) is 12.6. The van der Waals surface area contributed by atoms with Gasteiger partial charge in [0.1, 0.15) is 5.01 Å². The summed E-state index contributed by atoms with van der Waals surface area (Å²) in [5, 5.41) is 1.00. The zero-order chi connectivity index (χ0) is 23.3. The number of nitrogens with one attached hydrogen (secondary N) is 1. The predicted molar refractivity (Wildman–Crippen MR) is 147 cm³/mol. The molecule has 0 aromatic carbocycles. The standard InChI is InChI=1S/C21H21N3S.C3H8S.CH5NS/c1-3-6-15-7-4-8-16-10-11-18(24-19(15)16)20-14(2)23-21(25-20)17-9-5-12-22-13-17;1-3-4-2;1-2-3/h5-6,9-13H,3-4,7-8H2,1-2H3;3H2,1-2H3;2-3H,1H3/b15-6-;;. The summed E-state index contributed by atoms with van der Waals surface area (Å²) in [6.45, 7) is 6.40. The normalized spacial score (nSPS) is 13.5. The summed E-state index contributed by atoms with van der Waals surface area (Å²) in [4.78, 5) is 15.1. The maximum absolute atomic E-state index is 5.04. The minimum absolute atomic E-state index is 1.00. The van der Waals surface area contributed by atoms with Crippen molar-refractivity contribution in [2.24, 2.45) is 0 Å². The van der Waals surface area contributed by atoms with Gasteiger partial charge in [-0.3, -0.25) is 9.71 Å². The fraction of sp³-hybridized carbons (Fsp3) is 0.400. The average Bonchev–Trinajstić information content (AvgIpc) is 3.22. The Morgan fingerprint density at radius 3 is 2.56 bits per heavy atom. The minimum atomic E-state index is 1.00. The van der Waals surface area contributed by atoms with E-state index in [-0.39, 0.29) is 0 Å². The second kappa shape index (κ2) is 14.5. The van der Waals surface area contributed by atoms with E-state index in [2.05, 4.69) is 73.8 Å². The van der Waals surface area contributed by atoms with Crippen LogP contribution in [0.15, 0.2) is 42.7 Å². The van der Waals surface area contributed by atoms with Crippen LogP contribution in [0.25, 0.3) is 26.7 Å². The number of thioether (sulfide) groups is 1. The van der Waals surface area contributed by atoms with Crippen molar-refractivity contribution in [1.82, 2.24) is 19.7 Å². The van der Waals surface area contributed by atoms with E-state index in [1.807, 2.05) is 24.0 Å². The molecule has 3 aromatic rings. The molecule has 3 heterocycles. The molecule has 0 saturated carbocycles. The van der Waals surface area contributed by atoms with Crippen molar-refractivity contribution in [3.63, 3.8) is 0 Å². The molecule has 0 aliphatic heterocycles. The number of rotatable bonds is 4. The summed E-state index contributed by atoms with van der Waals surface area (Å²) >= 11 is 7.09. The van der Waals surface area contributed by atoms with Crippen LogP contribution in [0.5, 0.6) is 0 Å². The lowest BCUT2D eigenvalue weighted by Gasteiger charge is -2.18. The quantitative estimate of drug-likeness (QED) is 0.384. The molecule has 7 heteroatoms. The molecule has 0 bridgehead atoms.